The number of nitrogens with zero attached hydrogens (tertiary/aromatic N) is 1. The second-order valence-corrected chi connectivity index (χ2v) is 4.49. The Morgan fingerprint density at radius 3 is 2.68 bits per heavy atom. The van der Waals surface area contributed by atoms with Crippen molar-refractivity contribution in [1.82, 2.24) is 4.98 Å². The van der Waals surface area contributed by atoms with E-state index in [9.17, 15) is 8.78 Å². The van der Waals surface area contributed by atoms with Crippen molar-refractivity contribution in [1.29, 1.82) is 0 Å². The summed E-state index contributed by atoms with van der Waals surface area (Å²) in [4.78, 5) is 4.12. The van der Waals surface area contributed by atoms with E-state index in [1.165, 1.54) is 6.07 Å². The van der Waals surface area contributed by atoms with Crippen LogP contribution in [0, 0.1) is 0 Å². The molecule has 0 fully saturated rings. The molecule has 0 bridgehead atoms. The van der Waals surface area contributed by atoms with Crippen LogP contribution in [-0.2, 0) is 6.42 Å². The normalized spacial score (nSPS) is 11.2. The van der Waals surface area contributed by atoms with Crippen LogP contribution in [0.25, 0.3) is 10.9 Å². The highest BCUT2D eigenvalue weighted by molar-refractivity contribution is 5.93. The molecule has 2 rings (SSSR count). The summed E-state index contributed by atoms with van der Waals surface area (Å²) in [5.74, 6) is 0. The molecule has 4 heteroatoms. The number of nitrogens with one attached hydrogen (secondary N) is 1. The highest BCUT2D eigenvalue weighted by atomic mass is 19.3. The Morgan fingerprint density at radius 2 is 2.05 bits per heavy atom. The summed E-state index contributed by atoms with van der Waals surface area (Å²) < 4.78 is 25.9. The Bertz CT molecular complexity index is 567. The monoisotopic (exact) mass is 264 g/mol. The first kappa shape index (κ1) is 13.7. The van der Waals surface area contributed by atoms with Crippen LogP contribution >= 0.6 is 0 Å². The third-order valence-electron chi connectivity index (χ3n) is 3.11. The molecule has 0 radical (unpaired) electrons. The van der Waals surface area contributed by atoms with E-state index < -0.39 is 6.43 Å². The lowest BCUT2D eigenvalue weighted by Crippen LogP contribution is -2.04. The number of para-hydroxylation sites is 1. The molecule has 0 unspecified atom stereocenters. The summed E-state index contributed by atoms with van der Waals surface area (Å²) in [6.07, 6.45) is -0.817. The minimum Gasteiger partial charge on any atom is -0.384 e. The van der Waals surface area contributed by atoms with Crippen LogP contribution in [0.15, 0.2) is 24.3 Å². The average Bonchev–Trinajstić information content (AvgIpc) is 2.43. The highest BCUT2D eigenvalue weighted by Gasteiger charge is 2.14. The van der Waals surface area contributed by atoms with Crippen molar-refractivity contribution in [3.05, 3.63) is 35.5 Å². The highest BCUT2D eigenvalue weighted by Crippen LogP contribution is 2.29. The zero-order valence-electron chi connectivity index (χ0n) is 11.2. The molecule has 0 saturated heterocycles. The van der Waals surface area contributed by atoms with Crippen LogP contribution in [0.2, 0.25) is 0 Å². The van der Waals surface area contributed by atoms with Crippen LogP contribution in [0.1, 0.15) is 38.0 Å². The van der Waals surface area contributed by atoms with Gasteiger partial charge in [0.1, 0.15) is 5.69 Å². The van der Waals surface area contributed by atoms with Gasteiger partial charge in [-0.15, -0.1) is 0 Å². The molecule has 1 aromatic carbocycles. The first-order valence-corrected chi connectivity index (χ1v) is 6.62. The standard InChI is InChI=1S/C15H18F2N2/c1-3-8-18-12-9-13(15(16)17)19-14-10(4-2)6-5-7-11(12)14/h5-7,9,15H,3-4,8H2,1-2H3,(H,18,19). The Labute approximate surface area is 111 Å². The van der Waals surface area contributed by atoms with Crippen molar-refractivity contribution in [2.75, 3.05) is 11.9 Å². The van der Waals surface area contributed by atoms with Gasteiger partial charge in [-0.25, -0.2) is 13.8 Å². The molecular weight excluding hydrogens is 246 g/mol. The summed E-state index contributed by atoms with van der Waals surface area (Å²) in [5.41, 5.74) is 2.27. The lowest BCUT2D eigenvalue weighted by molar-refractivity contribution is 0.146. The SMILES string of the molecule is CCCNc1cc(C(F)F)nc2c(CC)cccc12. The van der Waals surface area contributed by atoms with Crippen molar-refractivity contribution in [2.24, 2.45) is 0 Å². The second-order valence-electron chi connectivity index (χ2n) is 4.49. The van der Waals surface area contributed by atoms with E-state index in [2.05, 4.69) is 10.3 Å². The molecule has 0 aliphatic rings. The number of rotatable bonds is 5. The fraction of sp³-hybridized carbons (Fsp3) is 0.400. The van der Waals surface area contributed by atoms with E-state index in [4.69, 9.17) is 0 Å². The number of anilines is 1. The second kappa shape index (κ2) is 5.95. The third kappa shape index (κ3) is 2.83. The quantitative estimate of drug-likeness (QED) is 0.856. The van der Waals surface area contributed by atoms with Crippen molar-refractivity contribution in [3.63, 3.8) is 0 Å². The van der Waals surface area contributed by atoms with Crippen molar-refractivity contribution >= 4 is 16.6 Å². The average molecular weight is 264 g/mol. The smallest absolute Gasteiger partial charge is 0.280 e. The first-order chi connectivity index (χ1) is 9.17. The largest absolute Gasteiger partial charge is 0.384 e. The van der Waals surface area contributed by atoms with Gasteiger partial charge < -0.3 is 5.32 Å². The number of aryl methyl sites for hydroxylation is 1. The Kier molecular flexibility index (Phi) is 4.30. The minimum atomic E-state index is -2.54. The first-order valence-electron chi connectivity index (χ1n) is 6.62. The van der Waals surface area contributed by atoms with Gasteiger partial charge in [0, 0.05) is 17.6 Å². The summed E-state index contributed by atoms with van der Waals surface area (Å²) in [6, 6.07) is 7.27. The molecule has 1 heterocycles. The van der Waals surface area contributed by atoms with Gasteiger partial charge in [-0.2, -0.15) is 0 Å². The van der Waals surface area contributed by atoms with Crippen molar-refractivity contribution < 1.29 is 8.78 Å². The zero-order chi connectivity index (χ0) is 13.8. The van der Waals surface area contributed by atoms with Gasteiger partial charge in [-0.05, 0) is 24.5 Å². The fourth-order valence-corrected chi connectivity index (χ4v) is 2.13. The molecule has 19 heavy (non-hydrogen) atoms. The third-order valence-corrected chi connectivity index (χ3v) is 3.11. The number of fused-ring (bicyclic) bond motifs is 1. The van der Waals surface area contributed by atoms with E-state index in [0.717, 1.165) is 36.0 Å². The number of benzene rings is 1. The molecule has 2 aromatic rings. The number of alkyl halides is 2. The molecule has 1 aromatic heterocycles. The van der Waals surface area contributed by atoms with Crippen LogP contribution in [-0.4, -0.2) is 11.5 Å². The van der Waals surface area contributed by atoms with Crippen LogP contribution in [0.3, 0.4) is 0 Å². The van der Waals surface area contributed by atoms with Crippen LogP contribution in [0.4, 0.5) is 14.5 Å². The fourth-order valence-electron chi connectivity index (χ4n) is 2.13. The van der Waals surface area contributed by atoms with Gasteiger partial charge in [0.2, 0.25) is 0 Å². The number of pyridine rings is 1. The van der Waals surface area contributed by atoms with Gasteiger partial charge in [-0.1, -0.05) is 32.0 Å². The van der Waals surface area contributed by atoms with Crippen LogP contribution < -0.4 is 5.32 Å². The Morgan fingerprint density at radius 1 is 1.26 bits per heavy atom. The van der Waals surface area contributed by atoms with Gasteiger partial charge >= 0.3 is 0 Å². The Hall–Kier alpha value is -1.71. The summed E-state index contributed by atoms with van der Waals surface area (Å²) in [7, 11) is 0. The minimum absolute atomic E-state index is 0.160. The van der Waals surface area contributed by atoms with Gasteiger partial charge in [0.15, 0.2) is 0 Å². The molecule has 0 aliphatic carbocycles. The Balaban J connectivity index is 2.63. The lowest BCUT2D eigenvalue weighted by Gasteiger charge is -2.13. The van der Waals surface area contributed by atoms with Gasteiger partial charge in [0.25, 0.3) is 6.43 Å². The van der Waals surface area contributed by atoms with E-state index in [0.29, 0.717) is 5.52 Å². The summed E-state index contributed by atoms with van der Waals surface area (Å²) in [6.45, 7) is 4.81. The number of hydrogen-bond donors (Lipinski definition) is 1. The molecule has 0 spiro atoms. The van der Waals surface area contributed by atoms with Crippen molar-refractivity contribution in [2.45, 2.75) is 33.1 Å². The molecular formula is C15H18F2N2. The molecule has 1 N–H and O–H groups in total. The summed E-state index contributed by atoms with van der Waals surface area (Å²) in [5, 5.41) is 4.12. The van der Waals surface area contributed by atoms with Gasteiger partial charge in [-0.3, -0.25) is 0 Å². The maximum atomic E-state index is 12.9. The topological polar surface area (TPSA) is 24.9 Å². The van der Waals surface area contributed by atoms with Gasteiger partial charge in [0.05, 0.1) is 5.52 Å². The van der Waals surface area contributed by atoms with E-state index >= 15 is 0 Å². The lowest BCUT2D eigenvalue weighted by atomic mass is 10.1. The molecule has 0 aliphatic heterocycles. The van der Waals surface area contributed by atoms with E-state index in [-0.39, 0.29) is 5.69 Å². The molecule has 2 nitrogen and oxygen atoms in total. The van der Waals surface area contributed by atoms with Crippen LogP contribution in [0.5, 0.6) is 0 Å². The molecule has 0 saturated carbocycles. The van der Waals surface area contributed by atoms with Crippen molar-refractivity contribution in [3.8, 4) is 0 Å². The maximum Gasteiger partial charge on any atom is 0.280 e. The molecule has 102 valence electrons. The predicted molar refractivity (Wildman–Crippen MR) is 74.9 cm³/mol. The van der Waals surface area contributed by atoms with E-state index in [1.54, 1.807) is 0 Å². The molecule has 0 atom stereocenters. The zero-order valence-corrected chi connectivity index (χ0v) is 11.2. The number of hydrogen-bond acceptors (Lipinski definition) is 2. The number of halogens is 2. The summed E-state index contributed by atoms with van der Waals surface area (Å²) >= 11 is 0. The number of aromatic nitrogens is 1. The molecule has 0 amide bonds. The maximum absolute atomic E-state index is 12.9. The predicted octanol–water partition coefficient (Wildman–Crippen LogP) is 4.56. The van der Waals surface area contributed by atoms with E-state index in [1.807, 2.05) is 32.0 Å².